The number of aliphatic hydroxyl groups is 1. The van der Waals surface area contributed by atoms with E-state index in [0.29, 0.717) is 23.9 Å². The summed E-state index contributed by atoms with van der Waals surface area (Å²) >= 11 is 0. The summed E-state index contributed by atoms with van der Waals surface area (Å²) in [6, 6.07) is 9.32. The van der Waals surface area contributed by atoms with E-state index in [1.165, 1.54) is 0 Å². The lowest BCUT2D eigenvalue weighted by atomic mass is 10.1. The van der Waals surface area contributed by atoms with E-state index in [0.717, 1.165) is 11.1 Å². The first-order valence-corrected chi connectivity index (χ1v) is 8.25. The topological polar surface area (TPSA) is 105 Å². The van der Waals surface area contributed by atoms with Crippen LogP contribution in [0.25, 0.3) is 11.3 Å². The highest BCUT2D eigenvalue weighted by molar-refractivity contribution is 5.68. The quantitative estimate of drug-likeness (QED) is 0.448. The Balaban J connectivity index is 2.20. The molecule has 0 spiro atoms. The van der Waals surface area contributed by atoms with E-state index in [9.17, 15) is 5.11 Å². The SMILES string of the molecule is Cc1ccc(OCC(CO)NC(C)(C)C)c(-c2ccc(NN)nn2)c1. The van der Waals surface area contributed by atoms with Crippen molar-refractivity contribution in [1.82, 2.24) is 15.5 Å². The summed E-state index contributed by atoms with van der Waals surface area (Å²) in [6.45, 7) is 8.50. The molecule has 25 heavy (non-hydrogen) atoms. The summed E-state index contributed by atoms with van der Waals surface area (Å²) < 4.78 is 5.97. The average molecular weight is 345 g/mol. The number of benzene rings is 1. The molecule has 0 saturated carbocycles. The van der Waals surface area contributed by atoms with Crippen molar-refractivity contribution in [3.63, 3.8) is 0 Å². The van der Waals surface area contributed by atoms with E-state index in [-0.39, 0.29) is 18.2 Å². The van der Waals surface area contributed by atoms with E-state index in [1.807, 2.05) is 31.2 Å². The molecule has 2 aromatic rings. The predicted octanol–water partition coefficient (Wildman–Crippen LogP) is 1.87. The maximum absolute atomic E-state index is 9.57. The fourth-order valence-electron chi connectivity index (χ4n) is 2.47. The van der Waals surface area contributed by atoms with Crippen LogP contribution >= 0.6 is 0 Å². The molecule has 1 heterocycles. The predicted molar refractivity (Wildman–Crippen MR) is 99.3 cm³/mol. The van der Waals surface area contributed by atoms with Crippen LogP contribution in [0.3, 0.4) is 0 Å². The van der Waals surface area contributed by atoms with Crippen LogP contribution in [0.4, 0.5) is 5.82 Å². The third-order valence-corrected chi connectivity index (χ3v) is 3.52. The number of nitrogens with two attached hydrogens (primary N) is 1. The molecule has 1 unspecified atom stereocenters. The number of rotatable bonds is 7. The molecule has 0 aliphatic carbocycles. The van der Waals surface area contributed by atoms with Crippen LogP contribution in [0.1, 0.15) is 26.3 Å². The zero-order chi connectivity index (χ0) is 18.4. The van der Waals surface area contributed by atoms with E-state index >= 15 is 0 Å². The fraction of sp³-hybridized carbons (Fsp3) is 0.444. The maximum atomic E-state index is 9.57. The highest BCUT2D eigenvalue weighted by Gasteiger charge is 2.18. The number of nitrogen functional groups attached to an aromatic ring is 1. The van der Waals surface area contributed by atoms with Crippen molar-refractivity contribution in [2.24, 2.45) is 5.84 Å². The molecule has 0 bridgehead atoms. The largest absolute Gasteiger partial charge is 0.491 e. The fourth-order valence-corrected chi connectivity index (χ4v) is 2.47. The number of hydrazine groups is 1. The Kier molecular flexibility index (Phi) is 6.30. The minimum Gasteiger partial charge on any atom is -0.491 e. The summed E-state index contributed by atoms with van der Waals surface area (Å²) in [4.78, 5) is 0. The number of nitrogens with zero attached hydrogens (tertiary/aromatic N) is 2. The molecule has 0 fully saturated rings. The molecule has 0 aliphatic heterocycles. The number of nitrogens with one attached hydrogen (secondary N) is 2. The molecule has 1 atom stereocenters. The molecule has 2 rings (SSSR count). The molecule has 7 heteroatoms. The Bertz CT molecular complexity index is 683. The number of hydrogen-bond donors (Lipinski definition) is 4. The summed E-state index contributed by atoms with van der Waals surface area (Å²) in [5.41, 5.74) is 4.99. The monoisotopic (exact) mass is 345 g/mol. The van der Waals surface area contributed by atoms with Crippen molar-refractivity contribution in [3.05, 3.63) is 35.9 Å². The van der Waals surface area contributed by atoms with Gasteiger partial charge in [0, 0.05) is 11.1 Å². The van der Waals surface area contributed by atoms with E-state index in [1.54, 1.807) is 6.07 Å². The van der Waals surface area contributed by atoms with Crippen molar-refractivity contribution in [1.29, 1.82) is 0 Å². The second-order valence-electron chi connectivity index (χ2n) is 7.03. The number of hydrogen-bond acceptors (Lipinski definition) is 7. The number of ether oxygens (including phenoxy) is 1. The lowest BCUT2D eigenvalue weighted by molar-refractivity contribution is 0.162. The van der Waals surface area contributed by atoms with Crippen LogP contribution in [-0.4, -0.2) is 40.1 Å². The standard InChI is InChI=1S/C18H27N5O2/c1-12-5-7-16(25-11-13(10-24)20-18(2,3)4)14(9-12)15-6-8-17(21-19)23-22-15/h5-9,13,20,24H,10-11,19H2,1-4H3,(H,21,23). The van der Waals surface area contributed by atoms with Crippen molar-refractivity contribution < 1.29 is 9.84 Å². The van der Waals surface area contributed by atoms with Crippen molar-refractivity contribution in [3.8, 4) is 17.0 Å². The van der Waals surface area contributed by atoms with Gasteiger partial charge in [-0.3, -0.25) is 0 Å². The molecule has 7 nitrogen and oxygen atoms in total. The normalized spacial score (nSPS) is 12.7. The van der Waals surface area contributed by atoms with Gasteiger partial charge in [-0.2, -0.15) is 0 Å². The van der Waals surface area contributed by atoms with Crippen LogP contribution < -0.4 is 21.3 Å². The Morgan fingerprint density at radius 1 is 1.20 bits per heavy atom. The van der Waals surface area contributed by atoms with Crippen LogP contribution in [0, 0.1) is 6.92 Å². The number of anilines is 1. The lowest BCUT2D eigenvalue weighted by Crippen LogP contribution is -2.48. The van der Waals surface area contributed by atoms with Crippen LogP contribution in [0.2, 0.25) is 0 Å². The first-order chi connectivity index (χ1) is 11.8. The third kappa shape index (κ3) is 5.67. The summed E-state index contributed by atoms with van der Waals surface area (Å²) in [6.07, 6.45) is 0. The van der Waals surface area contributed by atoms with E-state index in [4.69, 9.17) is 10.6 Å². The molecule has 0 radical (unpaired) electrons. The minimum atomic E-state index is -0.163. The molecule has 5 N–H and O–H groups in total. The smallest absolute Gasteiger partial charge is 0.162 e. The van der Waals surface area contributed by atoms with Crippen molar-refractivity contribution >= 4 is 5.82 Å². The minimum absolute atomic E-state index is 0.00482. The van der Waals surface area contributed by atoms with Gasteiger partial charge in [0.1, 0.15) is 12.4 Å². The van der Waals surface area contributed by atoms with E-state index < -0.39 is 0 Å². The van der Waals surface area contributed by atoms with Gasteiger partial charge in [-0.05, 0) is 52.0 Å². The van der Waals surface area contributed by atoms with Gasteiger partial charge in [-0.15, -0.1) is 10.2 Å². The van der Waals surface area contributed by atoms with Crippen LogP contribution in [0.15, 0.2) is 30.3 Å². The highest BCUT2D eigenvalue weighted by Crippen LogP contribution is 2.30. The Labute approximate surface area is 148 Å². The maximum Gasteiger partial charge on any atom is 0.162 e. The molecule has 0 aliphatic rings. The first-order valence-electron chi connectivity index (χ1n) is 8.25. The molecular formula is C18H27N5O2. The van der Waals surface area contributed by atoms with Gasteiger partial charge in [-0.1, -0.05) is 11.6 Å². The molecule has 136 valence electrons. The lowest BCUT2D eigenvalue weighted by Gasteiger charge is -2.27. The van der Waals surface area contributed by atoms with Gasteiger partial charge in [-0.25, -0.2) is 5.84 Å². The number of aryl methyl sites for hydroxylation is 1. The van der Waals surface area contributed by atoms with Gasteiger partial charge in [0.05, 0.1) is 18.3 Å². The molecule has 0 amide bonds. The van der Waals surface area contributed by atoms with Gasteiger partial charge >= 0.3 is 0 Å². The van der Waals surface area contributed by atoms with Gasteiger partial charge < -0.3 is 20.6 Å². The number of aromatic nitrogens is 2. The Morgan fingerprint density at radius 3 is 2.52 bits per heavy atom. The summed E-state index contributed by atoms with van der Waals surface area (Å²) in [7, 11) is 0. The third-order valence-electron chi connectivity index (χ3n) is 3.52. The Hall–Kier alpha value is -2.22. The highest BCUT2D eigenvalue weighted by atomic mass is 16.5. The molecule has 1 aromatic carbocycles. The number of aliphatic hydroxyl groups excluding tert-OH is 1. The van der Waals surface area contributed by atoms with Crippen LogP contribution in [0.5, 0.6) is 5.75 Å². The second kappa shape index (κ2) is 8.24. The Morgan fingerprint density at radius 2 is 1.96 bits per heavy atom. The molecule has 0 saturated heterocycles. The van der Waals surface area contributed by atoms with Crippen LogP contribution in [-0.2, 0) is 0 Å². The molecular weight excluding hydrogens is 318 g/mol. The zero-order valence-corrected chi connectivity index (χ0v) is 15.2. The summed E-state index contributed by atoms with van der Waals surface area (Å²) in [5.74, 6) is 6.52. The second-order valence-corrected chi connectivity index (χ2v) is 7.03. The van der Waals surface area contributed by atoms with Gasteiger partial charge in [0.15, 0.2) is 5.82 Å². The van der Waals surface area contributed by atoms with Gasteiger partial charge in [0.2, 0.25) is 0 Å². The first kappa shape index (κ1) is 19.1. The van der Waals surface area contributed by atoms with E-state index in [2.05, 4.69) is 41.7 Å². The van der Waals surface area contributed by atoms with Crippen molar-refractivity contribution in [2.45, 2.75) is 39.3 Å². The molecule has 1 aromatic heterocycles. The summed E-state index contributed by atoms with van der Waals surface area (Å²) in [5, 5.41) is 21.1. The zero-order valence-electron chi connectivity index (χ0n) is 15.2. The van der Waals surface area contributed by atoms with Gasteiger partial charge in [0.25, 0.3) is 0 Å². The van der Waals surface area contributed by atoms with Crippen molar-refractivity contribution in [2.75, 3.05) is 18.6 Å². The average Bonchev–Trinajstić information content (AvgIpc) is 2.58.